The number of phenols is 1. The Kier molecular flexibility index (Phi) is 3.77. The van der Waals surface area contributed by atoms with Crippen molar-refractivity contribution < 1.29 is 14.9 Å². The van der Waals surface area contributed by atoms with E-state index in [0.717, 1.165) is 0 Å². The van der Waals surface area contributed by atoms with E-state index < -0.39 is 0 Å². The molecule has 0 aliphatic rings. The summed E-state index contributed by atoms with van der Waals surface area (Å²) >= 11 is 3.22. The number of rotatable bonds is 3. The molecule has 3 nitrogen and oxygen atoms in total. The molecule has 0 amide bonds. The van der Waals surface area contributed by atoms with Crippen LogP contribution in [0.15, 0.2) is 16.6 Å². The smallest absolute Gasteiger partial charge is 0.133 e. The van der Waals surface area contributed by atoms with Crippen LogP contribution in [0.2, 0.25) is 0 Å². The molecular weight excluding hydrogens is 248 g/mol. The highest BCUT2D eigenvalue weighted by Gasteiger charge is 2.13. The van der Waals surface area contributed by atoms with Crippen molar-refractivity contribution in [1.82, 2.24) is 0 Å². The molecule has 0 spiro atoms. The molecule has 0 aromatic heterocycles. The van der Waals surface area contributed by atoms with Crippen LogP contribution in [0, 0.1) is 0 Å². The summed E-state index contributed by atoms with van der Waals surface area (Å²) in [5, 5.41) is 18.7. The number of hydrogen-bond acceptors (Lipinski definition) is 3. The Morgan fingerprint density at radius 3 is 2.64 bits per heavy atom. The molecule has 0 aliphatic heterocycles. The number of methoxy groups -OCH3 is 1. The van der Waals surface area contributed by atoms with Crippen LogP contribution in [0.3, 0.4) is 0 Å². The molecule has 1 rings (SSSR count). The van der Waals surface area contributed by atoms with Gasteiger partial charge in [0.15, 0.2) is 0 Å². The average molecular weight is 261 g/mol. The van der Waals surface area contributed by atoms with Gasteiger partial charge in [0, 0.05) is 18.1 Å². The summed E-state index contributed by atoms with van der Waals surface area (Å²) in [6, 6.07) is 3.41. The summed E-state index contributed by atoms with van der Waals surface area (Å²) in [5.74, 6) is 0.707. The van der Waals surface area contributed by atoms with E-state index in [-0.39, 0.29) is 18.3 Å². The summed E-state index contributed by atoms with van der Waals surface area (Å²) < 4.78 is 5.64. The molecule has 1 aromatic rings. The summed E-state index contributed by atoms with van der Waals surface area (Å²) in [5.41, 5.74) is 0.679. The van der Waals surface area contributed by atoms with E-state index in [9.17, 15) is 5.11 Å². The highest BCUT2D eigenvalue weighted by molar-refractivity contribution is 9.10. The second-order valence-electron chi connectivity index (χ2n) is 3.13. The molecule has 0 saturated heterocycles. The largest absolute Gasteiger partial charge is 0.506 e. The summed E-state index contributed by atoms with van der Waals surface area (Å²) in [6.07, 6.45) is 0. The molecule has 14 heavy (non-hydrogen) atoms. The van der Waals surface area contributed by atoms with Crippen molar-refractivity contribution in [3.05, 3.63) is 22.2 Å². The minimum atomic E-state index is -0.110. The molecule has 0 bridgehead atoms. The van der Waals surface area contributed by atoms with Crippen LogP contribution in [-0.4, -0.2) is 23.9 Å². The fourth-order valence-corrected chi connectivity index (χ4v) is 1.64. The van der Waals surface area contributed by atoms with Gasteiger partial charge in [-0.15, -0.1) is 0 Å². The Morgan fingerprint density at radius 2 is 2.14 bits per heavy atom. The molecule has 0 heterocycles. The summed E-state index contributed by atoms with van der Waals surface area (Å²) in [7, 11) is 1.56. The van der Waals surface area contributed by atoms with Gasteiger partial charge >= 0.3 is 0 Å². The van der Waals surface area contributed by atoms with E-state index in [0.29, 0.717) is 15.8 Å². The quantitative estimate of drug-likeness (QED) is 0.877. The highest BCUT2D eigenvalue weighted by Crippen LogP contribution is 2.36. The van der Waals surface area contributed by atoms with E-state index >= 15 is 0 Å². The lowest BCUT2D eigenvalue weighted by molar-refractivity contribution is 0.270. The number of phenolic OH excluding ortho intramolecular Hbond substituents is 1. The van der Waals surface area contributed by atoms with Gasteiger partial charge in [0.2, 0.25) is 0 Å². The Morgan fingerprint density at radius 1 is 1.50 bits per heavy atom. The Bertz CT molecular complexity index is 325. The molecule has 0 fully saturated rings. The third-order valence-electron chi connectivity index (χ3n) is 2.11. The molecule has 78 valence electrons. The van der Waals surface area contributed by atoms with E-state index in [4.69, 9.17) is 9.84 Å². The molecule has 0 saturated carbocycles. The first-order valence-corrected chi connectivity index (χ1v) is 5.06. The third kappa shape index (κ3) is 2.19. The topological polar surface area (TPSA) is 49.7 Å². The second-order valence-corrected chi connectivity index (χ2v) is 3.99. The molecule has 4 heteroatoms. The first-order chi connectivity index (χ1) is 6.60. The van der Waals surface area contributed by atoms with Crippen molar-refractivity contribution in [2.45, 2.75) is 12.8 Å². The molecule has 0 radical (unpaired) electrons. The van der Waals surface area contributed by atoms with E-state index in [1.54, 1.807) is 19.2 Å². The van der Waals surface area contributed by atoms with Crippen LogP contribution < -0.4 is 4.74 Å². The van der Waals surface area contributed by atoms with Gasteiger partial charge < -0.3 is 14.9 Å². The number of benzene rings is 1. The normalized spacial score (nSPS) is 12.6. The van der Waals surface area contributed by atoms with Gasteiger partial charge in [0.05, 0.1) is 11.6 Å². The van der Waals surface area contributed by atoms with Crippen LogP contribution in [-0.2, 0) is 0 Å². The van der Waals surface area contributed by atoms with Crippen molar-refractivity contribution >= 4 is 15.9 Å². The Labute approximate surface area is 91.5 Å². The molecule has 1 atom stereocenters. The van der Waals surface area contributed by atoms with Gasteiger partial charge in [0.1, 0.15) is 11.5 Å². The zero-order chi connectivity index (χ0) is 10.7. The predicted molar refractivity (Wildman–Crippen MR) is 57.9 cm³/mol. The van der Waals surface area contributed by atoms with Gasteiger partial charge in [-0.2, -0.15) is 0 Å². The van der Waals surface area contributed by atoms with Crippen LogP contribution in [0.1, 0.15) is 18.4 Å². The lowest BCUT2D eigenvalue weighted by Crippen LogP contribution is -2.00. The van der Waals surface area contributed by atoms with E-state index in [2.05, 4.69) is 15.9 Å². The maximum absolute atomic E-state index is 9.71. The zero-order valence-electron chi connectivity index (χ0n) is 8.12. The number of aliphatic hydroxyl groups is 1. The maximum Gasteiger partial charge on any atom is 0.133 e. The highest BCUT2D eigenvalue weighted by atomic mass is 79.9. The first-order valence-electron chi connectivity index (χ1n) is 4.27. The number of hydrogen-bond donors (Lipinski definition) is 2. The predicted octanol–water partition coefficient (Wildman–Crippen LogP) is 2.26. The maximum atomic E-state index is 9.71. The Hall–Kier alpha value is -0.740. The number of aliphatic hydroxyl groups excluding tert-OH is 1. The summed E-state index contributed by atoms with van der Waals surface area (Å²) in [6.45, 7) is 1.83. The fraction of sp³-hybridized carbons (Fsp3) is 0.400. The van der Waals surface area contributed by atoms with Gasteiger partial charge in [-0.05, 0) is 28.1 Å². The fourth-order valence-electron chi connectivity index (χ4n) is 1.19. The van der Waals surface area contributed by atoms with Crippen molar-refractivity contribution in [3.63, 3.8) is 0 Å². The van der Waals surface area contributed by atoms with Crippen molar-refractivity contribution in [2.75, 3.05) is 13.7 Å². The van der Waals surface area contributed by atoms with Crippen molar-refractivity contribution in [1.29, 1.82) is 0 Å². The van der Waals surface area contributed by atoms with E-state index in [1.807, 2.05) is 6.92 Å². The minimum absolute atomic E-state index is 0.00678. The van der Waals surface area contributed by atoms with Gasteiger partial charge in [0.25, 0.3) is 0 Å². The SMILES string of the molecule is COc1cc(Br)c(O)c(C(C)CO)c1. The van der Waals surface area contributed by atoms with E-state index in [1.165, 1.54) is 0 Å². The number of aromatic hydroxyl groups is 1. The van der Waals surface area contributed by atoms with Crippen LogP contribution in [0.4, 0.5) is 0 Å². The molecule has 0 aliphatic carbocycles. The van der Waals surface area contributed by atoms with Crippen LogP contribution in [0.5, 0.6) is 11.5 Å². The lowest BCUT2D eigenvalue weighted by atomic mass is 10.0. The molecule has 1 unspecified atom stereocenters. The summed E-state index contributed by atoms with van der Waals surface area (Å²) in [4.78, 5) is 0. The molecule has 2 N–H and O–H groups in total. The van der Waals surface area contributed by atoms with Crippen LogP contribution in [0.25, 0.3) is 0 Å². The molecule has 1 aromatic carbocycles. The second kappa shape index (κ2) is 4.66. The first kappa shape index (κ1) is 11.3. The third-order valence-corrected chi connectivity index (χ3v) is 2.71. The van der Waals surface area contributed by atoms with Gasteiger partial charge in [-0.3, -0.25) is 0 Å². The Balaban J connectivity index is 3.20. The van der Waals surface area contributed by atoms with Gasteiger partial charge in [-0.1, -0.05) is 6.92 Å². The van der Waals surface area contributed by atoms with Crippen molar-refractivity contribution in [3.8, 4) is 11.5 Å². The molecular formula is C10H13BrO3. The minimum Gasteiger partial charge on any atom is -0.506 e. The average Bonchev–Trinajstić information content (AvgIpc) is 2.20. The monoisotopic (exact) mass is 260 g/mol. The van der Waals surface area contributed by atoms with Crippen molar-refractivity contribution in [2.24, 2.45) is 0 Å². The van der Waals surface area contributed by atoms with Gasteiger partial charge in [-0.25, -0.2) is 0 Å². The van der Waals surface area contributed by atoms with Crippen LogP contribution >= 0.6 is 15.9 Å². The lowest BCUT2D eigenvalue weighted by Gasteiger charge is -2.13. The standard InChI is InChI=1S/C10H13BrO3/c1-6(5-12)8-3-7(14-2)4-9(11)10(8)13/h3-4,6,12-13H,5H2,1-2H3. The number of ether oxygens (including phenoxy) is 1. The zero-order valence-corrected chi connectivity index (χ0v) is 9.71. The number of halogens is 1.